The number of anilines is 2. The molecule has 1 heterocycles. The van der Waals surface area contributed by atoms with E-state index in [1.54, 1.807) is 36.4 Å². The van der Waals surface area contributed by atoms with Crippen LogP contribution in [0.2, 0.25) is 0 Å². The third kappa shape index (κ3) is 4.65. The molecule has 0 fully saturated rings. The number of aromatic nitrogens is 1. The normalized spacial score (nSPS) is 11.3. The molecule has 6 nitrogen and oxygen atoms in total. The Balaban J connectivity index is 1.79. The molecular formula is C23H19BrN2O4S. The quantitative estimate of drug-likeness (QED) is 0.332. The highest BCUT2D eigenvalue weighted by atomic mass is 79.9. The summed E-state index contributed by atoms with van der Waals surface area (Å²) in [6, 6.07) is 22.7. The van der Waals surface area contributed by atoms with Gasteiger partial charge in [0, 0.05) is 15.7 Å². The number of nitrogens with zero attached hydrogens (tertiary/aromatic N) is 1. The van der Waals surface area contributed by atoms with Crippen LogP contribution >= 0.6 is 15.9 Å². The van der Waals surface area contributed by atoms with Crippen LogP contribution in [0.1, 0.15) is 6.92 Å². The number of halogens is 1. The van der Waals surface area contributed by atoms with Gasteiger partial charge in [0.05, 0.1) is 11.5 Å². The van der Waals surface area contributed by atoms with Crippen LogP contribution in [0.3, 0.4) is 0 Å². The molecule has 1 aromatic heterocycles. The molecule has 4 rings (SSSR count). The number of rotatable bonds is 7. The van der Waals surface area contributed by atoms with Crippen LogP contribution in [0.15, 0.2) is 97.7 Å². The Morgan fingerprint density at radius 3 is 2.29 bits per heavy atom. The highest BCUT2D eigenvalue weighted by Crippen LogP contribution is 2.34. The Labute approximate surface area is 189 Å². The first-order chi connectivity index (χ1) is 15.0. The molecule has 0 radical (unpaired) electrons. The molecule has 3 aromatic carbocycles. The lowest BCUT2D eigenvalue weighted by Gasteiger charge is -2.06. The second-order valence-corrected chi connectivity index (χ2v) is 9.34. The first-order valence-corrected chi connectivity index (χ1v) is 11.8. The molecule has 0 spiro atoms. The van der Waals surface area contributed by atoms with E-state index in [0.29, 0.717) is 23.6 Å². The standard InChI is InChI=1S/C23H19BrN2O4S/c1-2-29-19-12-8-16(9-13-19)21-26-23(22(30-21)25-18-6-4-3-5-7-18)31(27,28)20-14-10-17(24)11-15-20/h3-15,25H,2H2,1H3. The number of nitrogens with one attached hydrogen (secondary N) is 1. The van der Waals surface area contributed by atoms with Gasteiger partial charge in [-0.05, 0) is 67.6 Å². The lowest BCUT2D eigenvalue weighted by atomic mass is 10.2. The number of hydrogen-bond acceptors (Lipinski definition) is 6. The third-order valence-corrected chi connectivity index (χ3v) is 6.63. The van der Waals surface area contributed by atoms with Crippen molar-refractivity contribution in [1.29, 1.82) is 0 Å². The van der Waals surface area contributed by atoms with Crippen LogP contribution in [-0.2, 0) is 9.84 Å². The van der Waals surface area contributed by atoms with Crippen LogP contribution in [0, 0.1) is 0 Å². The molecule has 0 aliphatic carbocycles. The minimum Gasteiger partial charge on any atom is -0.494 e. The van der Waals surface area contributed by atoms with E-state index in [1.807, 2.05) is 37.3 Å². The minimum absolute atomic E-state index is 0.0537. The molecule has 1 N–H and O–H groups in total. The predicted molar refractivity (Wildman–Crippen MR) is 122 cm³/mol. The fourth-order valence-corrected chi connectivity index (χ4v) is 4.45. The van der Waals surface area contributed by atoms with Crippen LogP contribution in [0.5, 0.6) is 5.75 Å². The summed E-state index contributed by atoms with van der Waals surface area (Å²) in [7, 11) is -3.92. The van der Waals surface area contributed by atoms with E-state index in [9.17, 15) is 8.42 Å². The maximum absolute atomic E-state index is 13.3. The van der Waals surface area contributed by atoms with Crippen molar-refractivity contribution in [3.63, 3.8) is 0 Å². The molecule has 0 aliphatic heterocycles. The number of benzene rings is 3. The fraction of sp³-hybridized carbons (Fsp3) is 0.0870. The summed E-state index contributed by atoms with van der Waals surface area (Å²) in [5, 5.41) is 2.86. The molecule has 4 aromatic rings. The van der Waals surface area contributed by atoms with Gasteiger partial charge in [-0.25, -0.2) is 8.42 Å². The number of oxazole rings is 1. The third-order valence-electron chi connectivity index (χ3n) is 4.42. The molecule has 0 saturated heterocycles. The molecule has 158 valence electrons. The fourth-order valence-electron chi connectivity index (χ4n) is 2.93. The van der Waals surface area contributed by atoms with Crippen molar-refractivity contribution in [1.82, 2.24) is 4.98 Å². The van der Waals surface area contributed by atoms with Crippen molar-refractivity contribution in [3.8, 4) is 17.2 Å². The lowest BCUT2D eigenvalue weighted by Crippen LogP contribution is -2.05. The summed E-state index contributed by atoms with van der Waals surface area (Å²) >= 11 is 3.33. The van der Waals surface area contributed by atoms with E-state index in [0.717, 1.165) is 4.47 Å². The zero-order chi connectivity index (χ0) is 21.8. The van der Waals surface area contributed by atoms with Crippen molar-refractivity contribution in [2.45, 2.75) is 16.8 Å². The van der Waals surface area contributed by atoms with E-state index in [1.165, 1.54) is 12.1 Å². The maximum Gasteiger partial charge on any atom is 0.238 e. The van der Waals surface area contributed by atoms with Crippen LogP contribution in [-0.4, -0.2) is 20.0 Å². The van der Waals surface area contributed by atoms with Crippen LogP contribution in [0.4, 0.5) is 11.6 Å². The molecule has 0 atom stereocenters. The van der Waals surface area contributed by atoms with E-state index >= 15 is 0 Å². The molecule has 0 amide bonds. The molecule has 8 heteroatoms. The van der Waals surface area contributed by atoms with Gasteiger partial charge in [-0.2, -0.15) is 4.98 Å². The zero-order valence-corrected chi connectivity index (χ0v) is 19.0. The molecule has 0 bridgehead atoms. The second kappa shape index (κ2) is 8.95. The summed E-state index contributed by atoms with van der Waals surface area (Å²) in [6.45, 7) is 2.46. The Hall–Kier alpha value is -3.10. The van der Waals surface area contributed by atoms with Gasteiger partial charge in [0.15, 0.2) is 0 Å². The van der Waals surface area contributed by atoms with Gasteiger partial charge in [0.1, 0.15) is 5.75 Å². The Morgan fingerprint density at radius 1 is 0.968 bits per heavy atom. The second-order valence-electron chi connectivity index (χ2n) is 6.56. The van der Waals surface area contributed by atoms with E-state index in [4.69, 9.17) is 9.15 Å². The van der Waals surface area contributed by atoms with Crippen molar-refractivity contribution in [2.75, 3.05) is 11.9 Å². The van der Waals surface area contributed by atoms with Gasteiger partial charge in [0.2, 0.25) is 26.6 Å². The average molecular weight is 499 g/mol. The Kier molecular flexibility index (Phi) is 6.11. The summed E-state index contributed by atoms with van der Waals surface area (Å²) in [4.78, 5) is 4.48. The van der Waals surface area contributed by atoms with Gasteiger partial charge in [0.25, 0.3) is 0 Å². The van der Waals surface area contributed by atoms with Crippen molar-refractivity contribution in [3.05, 3.63) is 83.3 Å². The average Bonchev–Trinajstić information content (AvgIpc) is 3.20. The smallest absolute Gasteiger partial charge is 0.238 e. The summed E-state index contributed by atoms with van der Waals surface area (Å²) < 4.78 is 38.8. The molecular weight excluding hydrogens is 480 g/mol. The van der Waals surface area contributed by atoms with E-state index < -0.39 is 9.84 Å². The number of ether oxygens (including phenoxy) is 1. The number of sulfone groups is 1. The summed E-state index contributed by atoms with van der Waals surface area (Å²) in [6.07, 6.45) is 0. The van der Waals surface area contributed by atoms with Crippen molar-refractivity contribution < 1.29 is 17.6 Å². The van der Waals surface area contributed by atoms with Gasteiger partial charge in [-0.15, -0.1) is 0 Å². The summed E-state index contributed by atoms with van der Waals surface area (Å²) in [5.74, 6) is 0.957. The number of hydrogen-bond donors (Lipinski definition) is 1. The van der Waals surface area contributed by atoms with Crippen LogP contribution < -0.4 is 10.1 Å². The SMILES string of the molecule is CCOc1ccc(-c2nc(S(=O)(=O)c3ccc(Br)cc3)c(Nc3ccccc3)o2)cc1. The number of para-hydroxylation sites is 1. The van der Waals surface area contributed by atoms with E-state index in [2.05, 4.69) is 26.2 Å². The topological polar surface area (TPSA) is 81.4 Å². The zero-order valence-electron chi connectivity index (χ0n) is 16.6. The van der Waals surface area contributed by atoms with Crippen LogP contribution in [0.25, 0.3) is 11.5 Å². The first-order valence-electron chi connectivity index (χ1n) is 9.54. The maximum atomic E-state index is 13.3. The van der Waals surface area contributed by atoms with Gasteiger partial charge >= 0.3 is 0 Å². The lowest BCUT2D eigenvalue weighted by molar-refractivity contribution is 0.340. The highest BCUT2D eigenvalue weighted by Gasteiger charge is 2.28. The monoisotopic (exact) mass is 498 g/mol. The molecule has 0 unspecified atom stereocenters. The molecule has 0 saturated carbocycles. The van der Waals surface area contributed by atoms with Gasteiger partial charge in [-0.1, -0.05) is 34.1 Å². The van der Waals surface area contributed by atoms with Crippen molar-refractivity contribution in [2.24, 2.45) is 0 Å². The molecule has 31 heavy (non-hydrogen) atoms. The molecule has 0 aliphatic rings. The predicted octanol–water partition coefficient (Wildman–Crippen LogP) is 6.08. The Morgan fingerprint density at radius 2 is 1.65 bits per heavy atom. The van der Waals surface area contributed by atoms with Crippen molar-refractivity contribution >= 4 is 37.3 Å². The minimum atomic E-state index is -3.92. The van der Waals surface area contributed by atoms with Gasteiger partial charge in [-0.3, -0.25) is 0 Å². The van der Waals surface area contributed by atoms with Gasteiger partial charge < -0.3 is 14.5 Å². The van der Waals surface area contributed by atoms with E-state index in [-0.39, 0.29) is 21.7 Å². The Bertz CT molecular complexity index is 1270. The summed E-state index contributed by atoms with van der Waals surface area (Å²) in [5.41, 5.74) is 1.32. The first kappa shape index (κ1) is 21.1. The largest absolute Gasteiger partial charge is 0.494 e. The highest BCUT2D eigenvalue weighted by molar-refractivity contribution is 9.10.